The van der Waals surface area contributed by atoms with Gasteiger partial charge in [-0.1, -0.05) is 17.3 Å². The van der Waals surface area contributed by atoms with Crippen molar-refractivity contribution in [2.24, 2.45) is 0 Å². The molecular formula is C17H14FN5O2. The Morgan fingerprint density at radius 1 is 1.24 bits per heavy atom. The Kier molecular flexibility index (Phi) is 3.85. The number of pyridine rings is 1. The predicted octanol–water partition coefficient (Wildman–Crippen LogP) is 2.90. The fourth-order valence-corrected chi connectivity index (χ4v) is 2.57. The number of urea groups is 1. The number of nitrogens with one attached hydrogen (secondary N) is 1. The van der Waals surface area contributed by atoms with E-state index in [4.69, 9.17) is 4.52 Å². The van der Waals surface area contributed by atoms with Crippen molar-refractivity contribution in [1.82, 2.24) is 20.0 Å². The summed E-state index contributed by atoms with van der Waals surface area (Å²) in [4.78, 5) is 22.1. The molecule has 4 rings (SSSR count). The minimum Gasteiger partial charge on any atom is -0.339 e. The molecule has 3 heterocycles. The van der Waals surface area contributed by atoms with Crippen LogP contribution in [0.1, 0.15) is 11.8 Å². The van der Waals surface area contributed by atoms with Gasteiger partial charge < -0.3 is 14.7 Å². The minimum absolute atomic E-state index is 0.0238. The maximum Gasteiger partial charge on any atom is 0.321 e. The van der Waals surface area contributed by atoms with Crippen molar-refractivity contribution in [3.05, 3.63) is 60.5 Å². The summed E-state index contributed by atoms with van der Waals surface area (Å²) in [6, 6.07) is 9.33. The molecule has 2 amide bonds. The van der Waals surface area contributed by atoms with Crippen molar-refractivity contribution < 1.29 is 13.7 Å². The number of hydrogen-bond donors (Lipinski definition) is 1. The number of rotatable bonds is 3. The van der Waals surface area contributed by atoms with E-state index in [1.165, 1.54) is 12.1 Å². The van der Waals surface area contributed by atoms with E-state index in [9.17, 15) is 9.18 Å². The van der Waals surface area contributed by atoms with Gasteiger partial charge in [0.1, 0.15) is 5.82 Å². The second-order valence-electron chi connectivity index (χ2n) is 5.71. The van der Waals surface area contributed by atoms with Crippen LogP contribution >= 0.6 is 0 Å². The maximum atomic E-state index is 13.6. The molecule has 1 N–H and O–H groups in total. The molecule has 25 heavy (non-hydrogen) atoms. The van der Waals surface area contributed by atoms with Gasteiger partial charge in [-0.25, -0.2) is 9.18 Å². The Morgan fingerprint density at radius 2 is 2.08 bits per heavy atom. The highest BCUT2D eigenvalue weighted by molar-refractivity contribution is 5.90. The van der Waals surface area contributed by atoms with Gasteiger partial charge in [0.15, 0.2) is 0 Å². The van der Waals surface area contributed by atoms with Crippen molar-refractivity contribution in [2.45, 2.75) is 5.92 Å². The first kappa shape index (κ1) is 15.3. The molecule has 126 valence electrons. The zero-order valence-electron chi connectivity index (χ0n) is 13.1. The number of benzene rings is 1. The highest BCUT2D eigenvalue weighted by Gasteiger charge is 2.36. The molecule has 1 aromatic carbocycles. The Morgan fingerprint density at radius 3 is 2.84 bits per heavy atom. The third-order valence-electron chi connectivity index (χ3n) is 3.99. The second-order valence-corrected chi connectivity index (χ2v) is 5.71. The number of hydrogen-bond acceptors (Lipinski definition) is 5. The number of carbonyl (C=O) groups is 1. The first-order valence-electron chi connectivity index (χ1n) is 7.75. The van der Waals surface area contributed by atoms with Crippen LogP contribution in [-0.4, -0.2) is 39.1 Å². The van der Waals surface area contributed by atoms with E-state index in [1.54, 1.807) is 35.5 Å². The molecule has 0 radical (unpaired) electrons. The van der Waals surface area contributed by atoms with E-state index < -0.39 is 5.82 Å². The molecule has 0 saturated carbocycles. The molecule has 7 nitrogen and oxygen atoms in total. The molecule has 3 aromatic rings. The van der Waals surface area contributed by atoms with Gasteiger partial charge in [-0.2, -0.15) is 4.98 Å². The number of nitrogens with zero attached hydrogens (tertiary/aromatic N) is 4. The monoisotopic (exact) mass is 339 g/mol. The molecule has 0 atom stereocenters. The topological polar surface area (TPSA) is 84.2 Å². The number of anilines is 1. The number of para-hydroxylation sites is 1. The van der Waals surface area contributed by atoms with Crippen molar-refractivity contribution in [1.29, 1.82) is 0 Å². The SMILES string of the molecule is O=C(Nc1ccccc1F)N1CC(c2nc(-c3cccnc3)no2)C1. The zero-order valence-corrected chi connectivity index (χ0v) is 13.1. The van der Waals surface area contributed by atoms with Gasteiger partial charge in [0.2, 0.25) is 11.7 Å². The van der Waals surface area contributed by atoms with Crippen molar-refractivity contribution >= 4 is 11.7 Å². The van der Waals surface area contributed by atoms with Crippen LogP contribution in [0, 0.1) is 5.82 Å². The lowest BCUT2D eigenvalue weighted by Gasteiger charge is -2.36. The number of halogens is 1. The molecule has 1 fully saturated rings. The fraction of sp³-hybridized carbons (Fsp3) is 0.176. The summed E-state index contributed by atoms with van der Waals surface area (Å²) < 4.78 is 18.9. The van der Waals surface area contributed by atoms with Crippen LogP contribution in [0.15, 0.2) is 53.3 Å². The summed E-state index contributed by atoms with van der Waals surface area (Å²) in [7, 11) is 0. The van der Waals surface area contributed by atoms with Crippen LogP contribution in [0.25, 0.3) is 11.4 Å². The van der Waals surface area contributed by atoms with Gasteiger partial charge in [-0.05, 0) is 24.3 Å². The quantitative estimate of drug-likeness (QED) is 0.793. The van der Waals surface area contributed by atoms with E-state index in [-0.39, 0.29) is 17.6 Å². The molecular weight excluding hydrogens is 325 g/mol. The van der Waals surface area contributed by atoms with Crippen LogP contribution in [0.5, 0.6) is 0 Å². The van der Waals surface area contributed by atoms with Gasteiger partial charge in [0, 0.05) is 31.0 Å². The van der Waals surface area contributed by atoms with Crippen molar-refractivity contribution in [2.75, 3.05) is 18.4 Å². The largest absolute Gasteiger partial charge is 0.339 e. The minimum atomic E-state index is -0.467. The van der Waals surface area contributed by atoms with E-state index in [0.29, 0.717) is 24.8 Å². The summed E-state index contributed by atoms with van der Waals surface area (Å²) in [6.45, 7) is 0.879. The van der Waals surface area contributed by atoms with Gasteiger partial charge >= 0.3 is 6.03 Å². The van der Waals surface area contributed by atoms with Gasteiger partial charge in [-0.3, -0.25) is 4.98 Å². The van der Waals surface area contributed by atoms with Gasteiger partial charge in [0.25, 0.3) is 0 Å². The van der Waals surface area contributed by atoms with E-state index in [0.717, 1.165) is 5.56 Å². The fourth-order valence-electron chi connectivity index (χ4n) is 2.57. The molecule has 1 aliphatic rings. The summed E-state index contributed by atoms with van der Waals surface area (Å²) in [5.74, 6) is 0.460. The van der Waals surface area contributed by atoms with E-state index in [1.807, 2.05) is 6.07 Å². The van der Waals surface area contributed by atoms with Gasteiger partial charge in [-0.15, -0.1) is 0 Å². The van der Waals surface area contributed by atoms with Crippen LogP contribution in [0.4, 0.5) is 14.9 Å². The number of carbonyl (C=O) groups excluding carboxylic acids is 1. The van der Waals surface area contributed by atoms with E-state index >= 15 is 0 Å². The lowest BCUT2D eigenvalue weighted by molar-refractivity contribution is 0.147. The summed E-state index contributed by atoms with van der Waals surface area (Å²) in [5.41, 5.74) is 0.929. The van der Waals surface area contributed by atoms with Crippen molar-refractivity contribution in [3.8, 4) is 11.4 Å². The number of likely N-dealkylation sites (tertiary alicyclic amines) is 1. The molecule has 0 bridgehead atoms. The van der Waals surface area contributed by atoms with Crippen LogP contribution in [-0.2, 0) is 0 Å². The van der Waals surface area contributed by atoms with Crippen LogP contribution < -0.4 is 5.32 Å². The highest BCUT2D eigenvalue weighted by Crippen LogP contribution is 2.28. The highest BCUT2D eigenvalue weighted by atomic mass is 19.1. The lowest BCUT2D eigenvalue weighted by Crippen LogP contribution is -2.50. The molecule has 0 spiro atoms. The van der Waals surface area contributed by atoms with E-state index in [2.05, 4.69) is 20.4 Å². The predicted molar refractivity (Wildman–Crippen MR) is 87.3 cm³/mol. The average molecular weight is 339 g/mol. The third-order valence-corrected chi connectivity index (χ3v) is 3.99. The Labute approximate surface area is 142 Å². The lowest BCUT2D eigenvalue weighted by atomic mass is 10.0. The standard InChI is InChI=1S/C17H14FN5O2/c18-13-5-1-2-6-14(13)20-17(24)23-9-12(10-23)16-21-15(22-25-16)11-4-3-7-19-8-11/h1-8,12H,9-10H2,(H,20,24). The molecule has 0 unspecified atom stereocenters. The summed E-state index contributed by atoms with van der Waals surface area (Å²) >= 11 is 0. The Hall–Kier alpha value is -3.29. The zero-order chi connectivity index (χ0) is 17.2. The molecule has 8 heteroatoms. The second kappa shape index (κ2) is 6.31. The van der Waals surface area contributed by atoms with Crippen LogP contribution in [0.2, 0.25) is 0 Å². The third kappa shape index (κ3) is 3.06. The van der Waals surface area contributed by atoms with Gasteiger partial charge in [0.05, 0.1) is 11.6 Å². The Bertz CT molecular complexity index is 893. The van der Waals surface area contributed by atoms with Crippen LogP contribution in [0.3, 0.4) is 0 Å². The molecule has 1 saturated heterocycles. The first-order chi connectivity index (χ1) is 12.2. The Balaban J connectivity index is 1.37. The normalized spacial score (nSPS) is 14.2. The summed E-state index contributed by atoms with van der Waals surface area (Å²) in [6.07, 6.45) is 3.33. The molecule has 2 aromatic heterocycles. The van der Waals surface area contributed by atoms with Crippen molar-refractivity contribution in [3.63, 3.8) is 0 Å². The summed E-state index contributed by atoms with van der Waals surface area (Å²) in [5, 5.41) is 6.50. The average Bonchev–Trinajstić information content (AvgIpc) is 3.06. The maximum absolute atomic E-state index is 13.6. The smallest absolute Gasteiger partial charge is 0.321 e. The number of amides is 2. The molecule has 1 aliphatic heterocycles. The first-order valence-corrected chi connectivity index (χ1v) is 7.75. The number of aromatic nitrogens is 3. The molecule has 0 aliphatic carbocycles.